The van der Waals surface area contributed by atoms with Crippen molar-refractivity contribution in [3.63, 3.8) is 0 Å². The highest BCUT2D eigenvalue weighted by atomic mass is 16.5. The van der Waals surface area contributed by atoms with Crippen molar-refractivity contribution in [2.24, 2.45) is 13.0 Å². The van der Waals surface area contributed by atoms with Crippen molar-refractivity contribution in [3.05, 3.63) is 11.8 Å². The Labute approximate surface area is 109 Å². The minimum Gasteiger partial charge on any atom is -0.464 e. The van der Waals surface area contributed by atoms with Crippen molar-refractivity contribution < 1.29 is 19.1 Å². The SMILES string of the molecule is COC(=O)c1cc(NC(=O)C2CNC(=O)C2)nn1C. The number of amides is 2. The van der Waals surface area contributed by atoms with Crippen LogP contribution in [-0.2, 0) is 21.4 Å². The molecule has 1 aliphatic rings. The van der Waals surface area contributed by atoms with Crippen LogP contribution < -0.4 is 10.6 Å². The first-order valence-electron chi connectivity index (χ1n) is 5.71. The van der Waals surface area contributed by atoms with Crippen LogP contribution in [0.2, 0.25) is 0 Å². The number of aromatic nitrogens is 2. The summed E-state index contributed by atoms with van der Waals surface area (Å²) in [4.78, 5) is 34.3. The molecule has 8 heteroatoms. The van der Waals surface area contributed by atoms with E-state index in [0.717, 1.165) is 0 Å². The van der Waals surface area contributed by atoms with Gasteiger partial charge < -0.3 is 15.4 Å². The number of hydrogen-bond donors (Lipinski definition) is 2. The van der Waals surface area contributed by atoms with Gasteiger partial charge >= 0.3 is 5.97 Å². The molecule has 1 aromatic rings. The third kappa shape index (κ3) is 2.72. The summed E-state index contributed by atoms with van der Waals surface area (Å²) in [6, 6.07) is 1.42. The average molecular weight is 266 g/mol. The molecule has 2 N–H and O–H groups in total. The maximum atomic E-state index is 11.9. The van der Waals surface area contributed by atoms with E-state index in [2.05, 4.69) is 20.5 Å². The molecule has 8 nitrogen and oxygen atoms in total. The Hall–Kier alpha value is -2.38. The zero-order valence-electron chi connectivity index (χ0n) is 10.6. The van der Waals surface area contributed by atoms with Crippen molar-refractivity contribution in [1.82, 2.24) is 15.1 Å². The Bertz CT molecular complexity index is 537. The first-order chi connectivity index (χ1) is 9.01. The van der Waals surface area contributed by atoms with E-state index in [1.54, 1.807) is 7.05 Å². The summed E-state index contributed by atoms with van der Waals surface area (Å²) >= 11 is 0. The molecule has 0 aromatic carbocycles. The molecular formula is C11H14N4O4. The van der Waals surface area contributed by atoms with Crippen LogP contribution in [0.15, 0.2) is 6.07 Å². The number of ether oxygens (including phenoxy) is 1. The predicted molar refractivity (Wildman–Crippen MR) is 64.3 cm³/mol. The van der Waals surface area contributed by atoms with Gasteiger partial charge in [-0.05, 0) is 0 Å². The molecule has 1 atom stereocenters. The van der Waals surface area contributed by atoms with Gasteiger partial charge in [-0.1, -0.05) is 0 Å². The van der Waals surface area contributed by atoms with Gasteiger partial charge in [0, 0.05) is 26.1 Å². The quantitative estimate of drug-likeness (QED) is 0.703. The fourth-order valence-electron chi connectivity index (χ4n) is 1.84. The van der Waals surface area contributed by atoms with Crippen LogP contribution in [0, 0.1) is 5.92 Å². The largest absolute Gasteiger partial charge is 0.464 e. The number of methoxy groups -OCH3 is 1. The highest BCUT2D eigenvalue weighted by molar-refractivity contribution is 5.97. The standard InChI is InChI=1S/C11H14N4O4/c1-15-7(11(18)19-2)4-8(14-15)13-10(17)6-3-9(16)12-5-6/h4,6H,3,5H2,1-2H3,(H,12,16)(H,13,14,17). The van der Waals surface area contributed by atoms with E-state index in [-0.39, 0.29) is 29.7 Å². The van der Waals surface area contributed by atoms with E-state index < -0.39 is 11.9 Å². The summed E-state index contributed by atoms with van der Waals surface area (Å²) in [5, 5.41) is 9.14. The highest BCUT2D eigenvalue weighted by Crippen LogP contribution is 2.14. The van der Waals surface area contributed by atoms with Crippen molar-refractivity contribution >= 4 is 23.6 Å². The van der Waals surface area contributed by atoms with Crippen LogP contribution in [0.5, 0.6) is 0 Å². The van der Waals surface area contributed by atoms with Gasteiger partial charge in [-0.3, -0.25) is 14.3 Å². The van der Waals surface area contributed by atoms with E-state index in [4.69, 9.17) is 0 Å². The van der Waals surface area contributed by atoms with Gasteiger partial charge in [-0.2, -0.15) is 5.10 Å². The lowest BCUT2D eigenvalue weighted by Crippen LogP contribution is -2.24. The molecule has 1 aliphatic heterocycles. The van der Waals surface area contributed by atoms with Gasteiger partial charge in [0.1, 0.15) is 5.69 Å². The fourth-order valence-corrected chi connectivity index (χ4v) is 1.84. The Kier molecular flexibility index (Phi) is 3.50. The van der Waals surface area contributed by atoms with E-state index in [1.165, 1.54) is 17.9 Å². The Morgan fingerprint density at radius 3 is 2.89 bits per heavy atom. The maximum absolute atomic E-state index is 11.9. The summed E-state index contributed by atoms with van der Waals surface area (Å²) in [5.74, 6) is -1.12. The van der Waals surface area contributed by atoms with Crippen molar-refractivity contribution in [2.75, 3.05) is 19.0 Å². The molecule has 0 spiro atoms. The molecule has 0 aliphatic carbocycles. The van der Waals surface area contributed by atoms with Crippen LogP contribution in [0.25, 0.3) is 0 Å². The Morgan fingerprint density at radius 2 is 2.32 bits per heavy atom. The van der Waals surface area contributed by atoms with Crippen LogP contribution in [0.1, 0.15) is 16.9 Å². The second-order valence-corrected chi connectivity index (χ2v) is 4.22. The average Bonchev–Trinajstić information content (AvgIpc) is 2.95. The molecule has 0 bridgehead atoms. The Morgan fingerprint density at radius 1 is 1.58 bits per heavy atom. The zero-order chi connectivity index (χ0) is 14.0. The van der Waals surface area contributed by atoms with Crippen LogP contribution >= 0.6 is 0 Å². The molecule has 2 amide bonds. The third-order valence-corrected chi connectivity index (χ3v) is 2.87. The number of carbonyl (C=O) groups excluding carboxylic acids is 3. The number of nitrogens with zero attached hydrogens (tertiary/aromatic N) is 2. The molecule has 0 saturated carbocycles. The predicted octanol–water partition coefficient (Wildman–Crippen LogP) is -0.719. The van der Waals surface area contributed by atoms with Crippen LogP contribution in [0.4, 0.5) is 5.82 Å². The molecule has 1 fully saturated rings. The molecule has 1 unspecified atom stereocenters. The molecule has 2 rings (SSSR count). The smallest absolute Gasteiger partial charge is 0.356 e. The molecule has 2 heterocycles. The number of nitrogens with one attached hydrogen (secondary N) is 2. The normalized spacial score (nSPS) is 18.0. The summed E-state index contributed by atoms with van der Waals surface area (Å²) < 4.78 is 5.90. The number of aryl methyl sites for hydroxylation is 1. The van der Waals surface area contributed by atoms with Crippen LogP contribution in [-0.4, -0.2) is 41.2 Å². The van der Waals surface area contributed by atoms with E-state index in [9.17, 15) is 14.4 Å². The summed E-state index contributed by atoms with van der Waals surface area (Å²) in [7, 11) is 2.84. The highest BCUT2D eigenvalue weighted by Gasteiger charge is 2.28. The van der Waals surface area contributed by atoms with Gasteiger partial charge in [-0.25, -0.2) is 4.79 Å². The van der Waals surface area contributed by atoms with Gasteiger partial charge in [0.15, 0.2) is 5.82 Å². The lowest BCUT2D eigenvalue weighted by Gasteiger charge is -2.05. The number of carbonyl (C=O) groups is 3. The molecule has 1 aromatic heterocycles. The first kappa shape index (κ1) is 13.1. The fraction of sp³-hybridized carbons (Fsp3) is 0.455. The molecule has 1 saturated heterocycles. The van der Waals surface area contributed by atoms with Gasteiger partial charge in [0.25, 0.3) is 0 Å². The van der Waals surface area contributed by atoms with Gasteiger partial charge in [0.2, 0.25) is 11.8 Å². The van der Waals surface area contributed by atoms with Crippen molar-refractivity contribution in [3.8, 4) is 0 Å². The maximum Gasteiger partial charge on any atom is 0.356 e. The number of hydrogen-bond acceptors (Lipinski definition) is 5. The van der Waals surface area contributed by atoms with E-state index >= 15 is 0 Å². The monoisotopic (exact) mass is 266 g/mol. The molecule has 0 radical (unpaired) electrons. The molecule has 102 valence electrons. The number of rotatable bonds is 3. The summed E-state index contributed by atoms with van der Waals surface area (Å²) in [6.45, 7) is 0.321. The second-order valence-electron chi connectivity index (χ2n) is 4.22. The third-order valence-electron chi connectivity index (χ3n) is 2.87. The number of anilines is 1. The number of esters is 1. The first-order valence-corrected chi connectivity index (χ1v) is 5.71. The van der Waals surface area contributed by atoms with Crippen molar-refractivity contribution in [2.45, 2.75) is 6.42 Å². The molecular weight excluding hydrogens is 252 g/mol. The summed E-state index contributed by atoms with van der Waals surface area (Å²) in [6.07, 6.45) is 0.169. The summed E-state index contributed by atoms with van der Waals surface area (Å²) in [5.41, 5.74) is 0.235. The zero-order valence-corrected chi connectivity index (χ0v) is 10.6. The second kappa shape index (κ2) is 5.09. The van der Waals surface area contributed by atoms with Gasteiger partial charge in [0.05, 0.1) is 13.0 Å². The lowest BCUT2D eigenvalue weighted by molar-refractivity contribution is -0.123. The minimum absolute atomic E-state index is 0.142. The van der Waals surface area contributed by atoms with Crippen LogP contribution in [0.3, 0.4) is 0 Å². The van der Waals surface area contributed by atoms with E-state index in [1.807, 2.05) is 0 Å². The lowest BCUT2D eigenvalue weighted by atomic mass is 10.1. The Balaban J connectivity index is 2.05. The van der Waals surface area contributed by atoms with Gasteiger partial charge in [-0.15, -0.1) is 0 Å². The van der Waals surface area contributed by atoms with Crippen molar-refractivity contribution in [1.29, 1.82) is 0 Å². The topological polar surface area (TPSA) is 102 Å². The molecule has 19 heavy (non-hydrogen) atoms. The van der Waals surface area contributed by atoms with E-state index in [0.29, 0.717) is 6.54 Å². The minimum atomic E-state index is -0.534.